The van der Waals surface area contributed by atoms with Crippen LogP contribution >= 0.6 is 0 Å². The van der Waals surface area contributed by atoms with E-state index < -0.39 is 23.7 Å². The Hall–Kier alpha value is 0.0738. The second-order valence-electron chi connectivity index (χ2n) is 6.77. The molecular weight excluding hydrogens is 426 g/mol. The Kier molecular flexibility index (Phi) is 18.7. The molecule has 30 heavy (non-hydrogen) atoms. The van der Waals surface area contributed by atoms with E-state index in [2.05, 4.69) is 5.32 Å². The molecule has 0 aromatic rings. The number of nitrogens with one attached hydrogen (secondary N) is 1. The van der Waals surface area contributed by atoms with Gasteiger partial charge in [0.2, 0.25) is 0 Å². The Morgan fingerprint density at radius 3 is 1.80 bits per heavy atom. The van der Waals surface area contributed by atoms with Crippen LogP contribution in [0.5, 0.6) is 0 Å². The van der Waals surface area contributed by atoms with Crippen molar-refractivity contribution in [2.24, 2.45) is 0 Å². The fourth-order valence-corrected chi connectivity index (χ4v) is 7.46. The maximum absolute atomic E-state index is 10.0. The van der Waals surface area contributed by atoms with Gasteiger partial charge in [0.25, 0.3) is 0 Å². The zero-order valence-electron chi connectivity index (χ0n) is 19.9. The molecule has 1 atom stereocenters. The van der Waals surface area contributed by atoms with Crippen LogP contribution in [0.2, 0.25) is 12.1 Å². The van der Waals surface area contributed by atoms with Gasteiger partial charge in [0.05, 0.1) is 12.7 Å². The van der Waals surface area contributed by atoms with Gasteiger partial charge >= 0.3 is 17.6 Å². The van der Waals surface area contributed by atoms with Crippen LogP contribution in [0, 0.1) is 0 Å². The zero-order chi connectivity index (χ0) is 22.7. The highest BCUT2D eigenvalue weighted by atomic mass is 28.4. The maximum atomic E-state index is 10.0. The average molecular weight is 472 g/mol. The molecule has 0 aliphatic heterocycles. The van der Waals surface area contributed by atoms with Crippen LogP contribution in [-0.2, 0) is 31.3 Å². The summed E-state index contributed by atoms with van der Waals surface area (Å²) in [5.74, 6) is 0. The number of aliphatic hydroxyl groups excluding tert-OH is 1. The van der Waals surface area contributed by atoms with Gasteiger partial charge in [-0.2, -0.15) is 0 Å². The molecular formula is C19H45NO8Si2. The van der Waals surface area contributed by atoms with Gasteiger partial charge < -0.3 is 41.7 Å². The van der Waals surface area contributed by atoms with Crippen molar-refractivity contribution in [3.8, 4) is 0 Å². The van der Waals surface area contributed by atoms with E-state index >= 15 is 0 Å². The molecule has 0 bridgehead atoms. The van der Waals surface area contributed by atoms with Crippen molar-refractivity contribution in [1.29, 1.82) is 0 Å². The second-order valence-corrected chi connectivity index (χ2v) is 12.6. The lowest BCUT2D eigenvalue weighted by atomic mass is 10.3. The summed E-state index contributed by atoms with van der Waals surface area (Å²) in [6.45, 7) is 9.84. The number of rotatable bonds is 22. The first-order valence-electron chi connectivity index (χ1n) is 11.0. The van der Waals surface area contributed by atoms with E-state index in [1.807, 2.05) is 20.8 Å². The second kappa shape index (κ2) is 18.6. The summed E-state index contributed by atoms with van der Waals surface area (Å²) in [5, 5.41) is 13.3. The molecule has 0 saturated heterocycles. The fourth-order valence-electron chi connectivity index (χ4n) is 3.09. The van der Waals surface area contributed by atoms with Crippen molar-refractivity contribution in [3.05, 3.63) is 0 Å². The molecule has 2 N–H and O–H groups in total. The highest BCUT2D eigenvalue weighted by molar-refractivity contribution is 6.61. The minimum Gasteiger partial charge on any atom is -0.389 e. The Labute approximate surface area is 185 Å². The molecule has 0 rings (SSSR count). The van der Waals surface area contributed by atoms with E-state index in [1.54, 1.807) is 21.3 Å². The molecule has 0 radical (unpaired) electrons. The smallest absolute Gasteiger partial charge is 0.389 e. The minimum absolute atomic E-state index is 0.295. The summed E-state index contributed by atoms with van der Waals surface area (Å²) in [5.41, 5.74) is 0. The van der Waals surface area contributed by atoms with Crippen LogP contribution in [0.15, 0.2) is 0 Å². The predicted octanol–water partition coefficient (Wildman–Crippen LogP) is 2.05. The van der Waals surface area contributed by atoms with Crippen molar-refractivity contribution in [2.45, 2.75) is 58.2 Å². The van der Waals surface area contributed by atoms with Gasteiger partial charge in [-0.25, -0.2) is 0 Å². The summed E-state index contributed by atoms with van der Waals surface area (Å²) < 4.78 is 39.2. The van der Waals surface area contributed by atoms with E-state index in [0.717, 1.165) is 31.9 Å². The van der Waals surface area contributed by atoms with E-state index in [-0.39, 0.29) is 0 Å². The van der Waals surface area contributed by atoms with Crippen LogP contribution in [0.25, 0.3) is 0 Å². The minimum atomic E-state index is -2.55. The van der Waals surface area contributed by atoms with Gasteiger partial charge in [0, 0.05) is 66.4 Å². The maximum Gasteiger partial charge on any atom is 0.500 e. The van der Waals surface area contributed by atoms with Crippen LogP contribution < -0.4 is 5.32 Å². The first-order valence-corrected chi connectivity index (χ1v) is 14.9. The predicted molar refractivity (Wildman–Crippen MR) is 121 cm³/mol. The Balaban J connectivity index is 3.88. The van der Waals surface area contributed by atoms with Crippen LogP contribution in [0.1, 0.15) is 40.0 Å². The van der Waals surface area contributed by atoms with Gasteiger partial charge in [-0.15, -0.1) is 0 Å². The third-order valence-corrected chi connectivity index (χ3v) is 10.6. The molecule has 0 aromatic carbocycles. The molecule has 0 aliphatic carbocycles. The molecule has 0 aliphatic rings. The molecule has 0 aromatic heterocycles. The van der Waals surface area contributed by atoms with E-state index in [1.165, 1.54) is 0 Å². The van der Waals surface area contributed by atoms with Crippen molar-refractivity contribution >= 4 is 17.6 Å². The Morgan fingerprint density at radius 1 is 0.767 bits per heavy atom. The van der Waals surface area contributed by atoms with Gasteiger partial charge in [-0.3, -0.25) is 0 Å². The standard InChI is InChI=1S/C19H45NO8Si2/c1-7-26-30(27-8-2,28-9-3)15-11-10-13-20-17-19(21)18-25-14-12-16-29(22-4,23-5)24-6/h19-21H,7-18H2,1-6H3. The molecule has 9 nitrogen and oxygen atoms in total. The SMILES string of the molecule is CCO[Si](CCCCNCC(O)COCCC[Si](OC)(OC)OC)(OCC)OCC. The summed E-state index contributed by atoms with van der Waals surface area (Å²) in [4.78, 5) is 0. The highest BCUT2D eigenvalue weighted by Gasteiger charge is 2.39. The molecule has 11 heteroatoms. The normalized spacial score (nSPS) is 13.7. The van der Waals surface area contributed by atoms with E-state index in [4.69, 9.17) is 31.3 Å². The third kappa shape index (κ3) is 12.8. The van der Waals surface area contributed by atoms with Gasteiger partial charge in [0.15, 0.2) is 0 Å². The molecule has 0 fully saturated rings. The summed E-state index contributed by atoms with van der Waals surface area (Å²) in [6, 6.07) is 1.49. The lowest BCUT2D eigenvalue weighted by Gasteiger charge is -2.28. The Morgan fingerprint density at radius 2 is 1.30 bits per heavy atom. The number of hydrogen-bond acceptors (Lipinski definition) is 9. The van der Waals surface area contributed by atoms with Crippen LogP contribution in [0.4, 0.5) is 0 Å². The van der Waals surface area contributed by atoms with Crippen molar-refractivity contribution in [1.82, 2.24) is 5.32 Å². The molecule has 1 unspecified atom stereocenters. The largest absolute Gasteiger partial charge is 0.500 e. The van der Waals surface area contributed by atoms with Crippen molar-refractivity contribution in [2.75, 3.05) is 67.5 Å². The summed E-state index contributed by atoms with van der Waals surface area (Å²) in [6.07, 6.45) is 2.14. The van der Waals surface area contributed by atoms with Crippen LogP contribution in [0.3, 0.4) is 0 Å². The summed E-state index contributed by atoms with van der Waals surface area (Å²) in [7, 11) is -0.285. The number of unbranched alkanes of at least 4 members (excludes halogenated alkanes) is 1. The zero-order valence-corrected chi connectivity index (χ0v) is 21.9. The van der Waals surface area contributed by atoms with E-state index in [9.17, 15) is 5.11 Å². The van der Waals surface area contributed by atoms with Gasteiger partial charge in [0.1, 0.15) is 0 Å². The third-order valence-electron chi connectivity index (χ3n) is 4.57. The first kappa shape index (κ1) is 30.1. The molecule has 0 spiro atoms. The van der Waals surface area contributed by atoms with Crippen molar-refractivity contribution in [3.63, 3.8) is 0 Å². The Bertz CT molecular complexity index is 366. The number of aliphatic hydroxyl groups is 1. The molecule has 0 amide bonds. The topological polar surface area (TPSA) is 96.9 Å². The van der Waals surface area contributed by atoms with E-state index in [0.29, 0.717) is 45.6 Å². The first-order chi connectivity index (χ1) is 14.5. The average Bonchev–Trinajstić information content (AvgIpc) is 2.74. The van der Waals surface area contributed by atoms with Crippen LogP contribution in [-0.4, -0.2) is 96.3 Å². The molecule has 0 heterocycles. The highest BCUT2D eigenvalue weighted by Crippen LogP contribution is 2.19. The monoisotopic (exact) mass is 471 g/mol. The fraction of sp³-hybridized carbons (Fsp3) is 1.00. The number of hydrogen-bond donors (Lipinski definition) is 2. The lowest BCUT2D eigenvalue weighted by molar-refractivity contribution is 0.0352. The molecule has 182 valence electrons. The lowest BCUT2D eigenvalue weighted by Crippen LogP contribution is -2.46. The number of ether oxygens (including phenoxy) is 1. The molecule has 0 saturated carbocycles. The van der Waals surface area contributed by atoms with Gasteiger partial charge in [-0.05, 0) is 46.6 Å². The quantitative estimate of drug-likeness (QED) is 0.182. The summed E-state index contributed by atoms with van der Waals surface area (Å²) >= 11 is 0. The van der Waals surface area contributed by atoms with Gasteiger partial charge in [-0.1, -0.05) is 0 Å². The van der Waals surface area contributed by atoms with Crippen molar-refractivity contribution < 1.29 is 36.4 Å².